The highest BCUT2D eigenvalue weighted by Gasteiger charge is 2.53. The monoisotopic (exact) mass is 158 g/mol. The molecule has 3 atom stereocenters. The largest absolute Gasteiger partial charge is 0.389 e. The number of aliphatic hydroxyl groups is 2. The van der Waals surface area contributed by atoms with Gasteiger partial charge in [0.2, 0.25) is 0 Å². The molecule has 1 saturated carbocycles. The van der Waals surface area contributed by atoms with Gasteiger partial charge in [0.1, 0.15) is 6.10 Å². The quantitative estimate of drug-likeness (QED) is 0.520. The Bertz CT molecular complexity index is 180. The molecule has 1 rings (SSSR count). The second-order valence-corrected chi connectivity index (χ2v) is 4.18. The van der Waals surface area contributed by atoms with E-state index in [0.29, 0.717) is 0 Å². The maximum atomic E-state index is 11.0. The minimum atomic E-state index is -1.14. The molecule has 11 heavy (non-hydrogen) atoms. The molecule has 3 heteroatoms. The summed E-state index contributed by atoms with van der Waals surface area (Å²) in [6.45, 7) is 5.64. The van der Waals surface area contributed by atoms with Crippen molar-refractivity contribution in [3.05, 3.63) is 0 Å². The highest BCUT2D eigenvalue weighted by atomic mass is 16.3. The van der Waals surface area contributed by atoms with E-state index < -0.39 is 18.1 Å². The van der Waals surface area contributed by atoms with Gasteiger partial charge in [-0.1, -0.05) is 20.8 Å². The summed E-state index contributed by atoms with van der Waals surface area (Å²) in [6.07, 6.45) is -2.00. The van der Waals surface area contributed by atoms with Gasteiger partial charge in [0.15, 0.2) is 5.78 Å². The Kier molecular flexibility index (Phi) is 1.81. The minimum absolute atomic E-state index is 0.231. The van der Waals surface area contributed by atoms with Crippen LogP contribution < -0.4 is 0 Å². The van der Waals surface area contributed by atoms with Gasteiger partial charge >= 0.3 is 0 Å². The van der Waals surface area contributed by atoms with E-state index in [1.165, 1.54) is 0 Å². The van der Waals surface area contributed by atoms with E-state index in [4.69, 9.17) is 5.11 Å². The van der Waals surface area contributed by atoms with E-state index in [2.05, 4.69) is 0 Å². The lowest BCUT2D eigenvalue weighted by Gasteiger charge is -2.43. The normalized spacial score (nSPS) is 38.6. The fourth-order valence-corrected chi connectivity index (χ4v) is 1.52. The van der Waals surface area contributed by atoms with E-state index in [1.54, 1.807) is 0 Å². The molecule has 0 radical (unpaired) electrons. The third-order valence-electron chi connectivity index (χ3n) is 2.20. The number of hydrogen-bond donors (Lipinski definition) is 2. The molecule has 0 aromatic carbocycles. The number of carbonyl (C=O) groups is 1. The van der Waals surface area contributed by atoms with Crippen LogP contribution in [-0.4, -0.2) is 28.2 Å². The standard InChI is InChI=1S/C8H14O3/c1-8(2,3)4-5(9)7(11)6(4)10/h4-5,7,9,11H,1-3H3. The van der Waals surface area contributed by atoms with Crippen LogP contribution in [0.15, 0.2) is 0 Å². The molecular formula is C8H14O3. The molecule has 0 amide bonds. The van der Waals surface area contributed by atoms with Crippen LogP contribution in [0.2, 0.25) is 0 Å². The van der Waals surface area contributed by atoms with E-state index >= 15 is 0 Å². The van der Waals surface area contributed by atoms with E-state index in [0.717, 1.165) is 0 Å². The van der Waals surface area contributed by atoms with Crippen molar-refractivity contribution in [3.63, 3.8) is 0 Å². The van der Waals surface area contributed by atoms with E-state index in [-0.39, 0.29) is 11.2 Å². The zero-order valence-electron chi connectivity index (χ0n) is 7.03. The number of hydrogen-bond acceptors (Lipinski definition) is 3. The van der Waals surface area contributed by atoms with Gasteiger partial charge in [-0.2, -0.15) is 0 Å². The first-order valence-corrected chi connectivity index (χ1v) is 3.75. The number of Topliss-reactive ketones (excluding diaryl/α,β-unsaturated/α-hetero) is 1. The number of rotatable bonds is 0. The van der Waals surface area contributed by atoms with Crippen LogP contribution in [0.3, 0.4) is 0 Å². The molecule has 0 saturated heterocycles. The van der Waals surface area contributed by atoms with Crippen molar-refractivity contribution >= 4 is 5.78 Å². The number of carbonyl (C=O) groups excluding carboxylic acids is 1. The second kappa shape index (κ2) is 2.29. The third kappa shape index (κ3) is 1.19. The van der Waals surface area contributed by atoms with Crippen molar-refractivity contribution < 1.29 is 15.0 Å². The molecule has 0 aromatic heterocycles. The smallest absolute Gasteiger partial charge is 0.170 e. The molecule has 0 heterocycles. The van der Waals surface area contributed by atoms with E-state index in [1.807, 2.05) is 20.8 Å². The van der Waals surface area contributed by atoms with Gasteiger partial charge in [-0.25, -0.2) is 0 Å². The molecule has 3 unspecified atom stereocenters. The molecule has 1 aliphatic carbocycles. The molecule has 3 nitrogen and oxygen atoms in total. The molecule has 64 valence electrons. The second-order valence-electron chi connectivity index (χ2n) is 4.18. The number of ketones is 1. The van der Waals surface area contributed by atoms with Crippen LogP contribution in [0.4, 0.5) is 0 Å². The molecule has 1 fully saturated rings. The Labute approximate surface area is 66.0 Å². The van der Waals surface area contributed by atoms with Crippen molar-refractivity contribution in [1.29, 1.82) is 0 Å². The molecule has 0 spiro atoms. The highest BCUT2D eigenvalue weighted by Crippen LogP contribution is 2.38. The van der Waals surface area contributed by atoms with Crippen molar-refractivity contribution in [1.82, 2.24) is 0 Å². The summed E-state index contributed by atoms with van der Waals surface area (Å²) in [6, 6.07) is 0. The minimum Gasteiger partial charge on any atom is -0.389 e. The van der Waals surface area contributed by atoms with Crippen LogP contribution in [-0.2, 0) is 4.79 Å². The van der Waals surface area contributed by atoms with Crippen molar-refractivity contribution in [2.24, 2.45) is 11.3 Å². The summed E-state index contributed by atoms with van der Waals surface area (Å²) >= 11 is 0. The predicted octanol–water partition coefficient (Wildman–Crippen LogP) is -0.0468. The average molecular weight is 158 g/mol. The Hall–Kier alpha value is -0.410. The van der Waals surface area contributed by atoms with Gasteiger partial charge in [0, 0.05) is 0 Å². The zero-order chi connectivity index (χ0) is 8.81. The lowest BCUT2D eigenvalue weighted by atomic mass is 9.64. The summed E-state index contributed by atoms with van der Waals surface area (Å²) in [7, 11) is 0. The van der Waals surface area contributed by atoms with Gasteiger partial charge in [-0.3, -0.25) is 4.79 Å². The third-order valence-corrected chi connectivity index (χ3v) is 2.20. The number of aliphatic hydroxyl groups excluding tert-OH is 2. The lowest BCUT2D eigenvalue weighted by Crippen LogP contribution is -2.60. The Morgan fingerprint density at radius 1 is 1.27 bits per heavy atom. The predicted molar refractivity (Wildman–Crippen MR) is 40.0 cm³/mol. The van der Waals surface area contributed by atoms with Gasteiger partial charge in [-0.05, 0) is 5.41 Å². The van der Waals surface area contributed by atoms with Gasteiger partial charge in [0.05, 0.1) is 12.0 Å². The van der Waals surface area contributed by atoms with Crippen molar-refractivity contribution in [2.75, 3.05) is 0 Å². The first-order valence-electron chi connectivity index (χ1n) is 3.75. The highest BCUT2D eigenvalue weighted by molar-refractivity contribution is 5.93. The zero-order valence-corrected chi connectivity index (χ0v) is 7.03. The molecular weight excluding hydrogens is 144 g/mol. The maximum absolute atomic E-state index is 11.0. The summed E-state index contributed by atoms with van der Waals surface area (Å²) in [5.74, 6) is -0.623. The lowest BCUT2D eigenvalue weighted by molar-refractivity contribution is -0.173. The summed E-state index contributed by atoms with van der Waals surface area (Å²) in [5.41, 5.74) is -0.240. The van der Waals surface area contributed by atoms with Crippen LogP contribution in [0.5, 0.6) is 0 Å². The Balaban J connectivity index is 2.71. The summed E-state index contributed by atoms with van der Waals surface area (Å²) in [4.78, 5) is 11.0. The van der Waals surface area contributed by atoms with Crippen LogP contribution in [0.1, 0.15) is 20.8 Å². The Morgan fingerprint density at radius 3 is 1.91 bits per heavy atom. The SMILES string of the molecule is CC(C)(C)C1C(=O)C(O)C1O. The van der Waals surface area contributed by atoms with Crippen molar-refractivity contribution in [3.8, 4) is 0 Å². The van der Waals surface area contributed by atoms with Crippen molar-refractivity contribution in [2.45, 2.75) is 33.0 Å². The summed E-state index contributed by atoms with van der Waals surface area (Å²) < 4.78 is 0. The fourth-order valence-electron chi connectivity index (χ4n) is 1.52. The van der Waals surface area contributed by atoms with Gasteiger partial charge in [-0.15, -0.1) is 0 Å². The van der Waals surface area contributed by atoms with Crippen LogP contribution >= 0.6 is 0 Å². The molecule has 0 aromatic rings. The molecule has 2 N–H and O–H groups in total. The fraction of sp³-hybridized carbons (Fsp3) is 0.875. The molecule has 0 bridgehead atoms. The molecule has 1 aliphatic rings. The van der Waals surface area contributed by atoms with Gasteiger partial charge < -0.3 is 10.2 Å². The van der Waals surface area contributed by atoms with E-state index in [9.17, 15) is 9.90 Å². The first-order chi connectivity index (χ1) is 4.85. The maximum Gasteiger partial charge on any atom is 0.170 e. The van der Waals surface area contributed by atoms with Crippen LogP contribution in [0.25, 0.3) is 0 Å². The topological polar surface area (TPSA) is 57.5 Å². The summed E-state index contributed by atoms with van der Waals surface area (Å²) in [5, 5.41) is 18.1. The van der Waals surface area contributed by atoms with Crippen LogP contribution in [0, 0.1) is 11.3 Å². The first kappa shape index (κ1) is 8.68. The molecule has 0 aliphatic heterocycles. The van der Waals surface area contributed by atoms with Gasteiger partial charge in [0.25, 0.3) is 0 Å². The average Bonchev–Trinajstić information content (AvgIpc) is 1.85. The Morgan fingerprint density at radius 2 is 1.73 bits per heavy atom.